The Bertz CT molecular complexity index is 1060. The van der Waals surface area contributed by atoms with Crippen LogP contribution < -0.4 is 10.1 Å². The van der Waals surface area contributed by atoms with Gasteiger partial charge in [0, 0.05) is 55.8 Å². The Morgan fingerprint density at radius 3 is 2.65 bits per heavy atom. The molecule has 3 saturated heterocycles. The molecule has 5 aliphatic rings. The number of rotatable bonds is 8. The van der Waals surface area contributed by atoms with E-state index in [4.69, 9.17) is 9.47 Å². The maximum absolute atomic E-state index is 11.9. The molecule has 6 rings (SSSR count). The van der Waals surface area contributed by atoms with E-state index in [1.807, 2.05) is 24.4 Å². The van der Waals surface area contributed by atoms with E-state index in [1.54, 1.807) is 27.2 Å². The molecule has 2 bridgehead atoms. The molecule has 1 aromatic heterocycles. The number of amides is 1. The van der Waals surface area contributed by atoms with Crippen LogP contribution in [0.5, 0.6) is 5.88 Å². The molecule has 1 amide bonds. The molecule has 1 aromatic rings. The largest absolute Gasteiger partial charge is 0.481 e. The lowest BCUT2D eigenvalue weighted by Crippen LogP contribution is -2.74. The van der Waals surface area contributed by atoms with Crippen LogP contribution in [-0.4, -0.2) is 76.1 Å². The number of hydrogen-bond donors (Lipinski definition) is 2. The van der Waals surface area contributed by atoms with E-state index in [0.29, 0.717) is 29.1 Å². The van der Waals surface area contributed by atoms with Crippen molar-refractivity contribution in [1.29, 1.82) is 0 Å². The highest BCUT2D eigenvalue weighted by Gasteiger charge is 2.50. The van der Waals surface area contributed by atoms with Gasteiger partial charge >= 0.3 is 0 Å². The number of nitrogens with one attached hydrogen (secondary N) is 1. The van der Waals surface area contributed by atoms with Crippen LogP contribution in [0.25, 0.3) is 0 Å². The second-order valence-corrected chi connectivity index (χ2v) is 9.77. The van der Waals surface area contributed by atoms with Gasteiger partial charge in [-0.15, -0.1) is 5.11 Å². The van der Waals surface area contributed by atoms with Crippen molar-refractivity contribution in [2.75, 3.05) is 26.8 Å². The topological polar surface area (TPSA) is 112 Å². The summed E-state index contributed by atoms with van der Waals surface area (Å²) in [5.41, 5.74) is 1.32. The highest BCUT2D eigenvalue weighted by atomic mass is 16.5. The Morgan fingerprint density at radius 1 is 1.29 bits per heavy atom. The van der Waals surface area contributed by atoms with Crippen LogP contribution in [0.1, 0.15) is 25.8 Å². The van der Waals surface area contributed by atoms with Crippen molar-refractivity contribution in [3.8, 4) is 5.88 Å². The van der Waals surface area contributed by atoms with E-state index in [2.05, 4.69) is 36.4 Å². The minimum atomic E-state index is -0.986. The summed E-state index contributed by atoms with van der Waals surface area (Å²) in [5.74, 6) is -0.653. The minimum Gasteiger partial charge on any atom is -0.481 e. The van der Waals surface area contributed by atoms with Gasteiger partial charge in [0.2, 0.25) is 11.7 Å². The van der Waals surface area contributed by atoms with E-state index >= 15 is 0 Å². The quantitative estimate of drug-likeness (QED) is 0.596. The molecule has 3 unspecified atom stereocenters. The number of nitrogens with zero attached hydrogens (tertiary/aromatic N) is 5. The standard InChI is InChI=1S/C24H30N6O4/c1-23(2,32)15-34-24(7-6-17(10-26-24)20-11-27-28-22(20)31)29-13-18-8-19(14-29)30(18)12-16-4-5-21(33-3)25-9-16/h4-7,9-11,18-19,26,32H,8,12-15H2,1-3H3. The number of hydrogen-bond acceptors (Lipinski definition) is 9. The Kier molecular flexibility index (Phi) is 5.85. The molecule has 6 heterocycles. The second kappa shape index (κ2) is 8.70. The van der Waals surface area contributed by atoms with Gasteiger partial charge in [0.1, 0.15) is 0 Å². The van der Waals surface area contributed by atoms with Gasteiger partial charge in [0.05, 0.1) is 31.1 Å². The van der Waals surface area contributed by atoms with Crippen molar-refractivity contribution < 1.29 is 19.4 Å². The Morgan fingerprint density at radius 2 is 2.09 bits per heavy atom. The number of fused-ring (bicyclic) bond motifs is 2. The van der Waals surface area contributed by atoms with Crippen LogP contribution in [0.2, 0.25) is 0 Å². The average molecular weight is 467 g/mol. The lowest BCUT2D eigenvalue weighted by atomic mass is 9.86. The molecule has 10 nitrogen and oxygen atoms in total. The van der Waals surface area contributed by atoms with Crippen LogP contribution >= 0.6 is 0 Å². The van der Waals surface area contributed by atoms with Crippen LogP contribution in [0.15, 0.2) is 64.3 Å². The number of piperazine rings is 1. The van der Waals surface area contributed by atoms with Gasteiger partial charge in [-0.2, -0.15) is 5.11 Å². The molecule has 3 atom stereocenters. The predicted octanol–water partition coefficient (Wildman–Crippen LogP) is 1.71. The summed E-state index contributed by atoms with van der Waals surface area (Å²) >= 11 is 0. The Hall–Kier alpha value is -2.92. The minimum absolute atomic E-state index is 0.146. The number of carbonyl (C=O) groups is 1. The maximum atomic E-state index is 11.9. The normalized spacial score (nSPS) is 28.9. The Labute approximate surface area is 198 Å². The third-order valence-corrected chi connectivity index (χ3v) is 6.63. The zero-order valence-corrected chi connectivity index (χ0v) is 19.6. The first-order chi connectivity index (χ1) is 16.3. The number of aliphatic hydroxyl groups is 1. The molecule has 0 aromatic carbocycles. The van der Waals surface area contributed by atoms with Gasteiger partial charge in [0.15, 0.2) is 0 Å². The molecule has 2 N–H and O–H groups in total. The summed E-state index contributed by atoms with van der Waals surface area (Å²) in [6, 6.07) is 4.73. The number of piperidine rings is 1. The summed E-state index contributed by atoms with van der Waals surface area (Å²) in [4.78, 5) is 21.0. The smallest absolute Gasteiger partial charge is 0.297 e. The third kappa shape index (κ3) is 4.41. The summed E-state index contributed by atoms with van der Waals surface area (Å²) in [6.07, 6.45) is 10.0. The number of azo groups is 1. The molecule has 0 aliphatic carbocycles. The van der Waals surface area contributed by atoms with Gasteiger partial charge in [-0.05, 0) is 31.9 Å². The number of pyridine rings is 1. The summed E-state index contributed by atoms with van der Waals surface area (Å²) in [6.45, 7) is 6.04. The molecule has 0 saturated carbocycles. The van der Waals surface area contributed by atoms with Crippen molar-refractivity contribution in [3.05, 3.63) is 59.6 Å². The van der Waals surface area contributed by atoms with E-state index in [-0.39, 0.29) is 12.5 Å². The van der Waals surface area contributed by atoms with Crippen molar-refractivity contribution in [1.82, 2.24) is 20.1 Å². The highest BCUT2D eigenvalue weighted by molar-refractivity contribution is 6.00. The van der Waals surface area contributed by atoms with Crippen LogP contribution in [0, 0.1) is 0 Å². The van der Waals surface area contributed by atoms with Gasteiger partial charge in [-0.25, -0.2) is 4.98 Å². The highest BCUT2D eigenvalue weighted by Crippen LogP contribution is 2.38. The first-order valence-corrected chi connectivity index (χ1v) is 11.5. The average Bonchev–Trinajstić information content (AvgIpc) is 3.27. The SMILES string of the molecule is COc1ccc(CN2C3CC2CN(C2(OCC(C)(C)O)C=CC(C4=CN=NC4=O)=CN2)C3)cn1. The fraction of sp³-hybridized carbons (Fsp3) is 0.500. The van der Waals surface area contributed by atoms with Crippen molar-refractivity contribution in [2.24, 2.45) is 10.2 Å². The summed E-state index contributed by atoms with van der Waals surface area (Å²) in [7, 11) is 1.62. The van der Waals surface area contributed by atoms with Crippen LogP contribution in [0.3, 0.4) is 0 Å². The van der Waals surface area contributed by atoms with E-state index in [1.165, 1.54) is 6.20 Å². The lowest BCUT2D eigenvalue weighted by molar-refractivity contribution is -0.209. The first-order valence-electron chi connectivity index (χ1n) is 11.5. The molecule has 3 fully saturated rings. The maximum Gasteiger partial charge on any atom is 0.297 e. The number of ether oxygens (including phenoxy) is 2. The van der Waals surface area contributed by atoms with Crippen molar-refractivity contribution in [2.45, 2.75) is 50.3 Å². The van der Waals surface area contributed by atoms with Crippen molar-refractivity contribution in [3.63, 3.8) is 0 Å². The zero-order valence-electron chi connectivity index (χ0n) is 19.6. The predicted molar refractivity (Wildman–Crippen MR) is 123 cm³/mol. The van der Waals surface area contributed by atoms with Crippen LogP contribution in [0.4, 0.5) is 0 Å². The van der Waals surface area contributed by atoms with Gasteiger partial charge in [-0.1, -0.05) is 12.1 Å². The van der Waals surface area contributed by atoms with Crippen LogP contribution in [-0.2, 0) is 16.1 Å². The van der Waals surface area contributed by atoms with E-state index < -0.39 is 11.4 Å². The van der Waals surface area contributed by atoms with E-state index in [0.717, 1.165) is 31.6 Å². The molecule has 10 heteroatoms. The molecular weight excluding hydrogens is 436 g/mol. The second-order valence-electron chi connectivity index (χ2n) is 9.77. The first kappa shape index (κ1) is 22.9. The fourth-order valence-electron chi connectivity index (χ4n) is 4.81. The number of allylic oxidation sites excluding steroid dienone is 1. The monoisotopic (exact) mass is 466 g/mol. The molecule has 0 radical (unpaired) electrons. The molecule has 180 valence electrons. The molecule has 0 spiro atoms. The van der Waals surface area contributed by atoms with Gasteiger partial charge < -0.3 is 19.9 Å². The summed E-state index contributed by atoms with van der Waals surface area (Å²) in [5, 5.41) is 20.9. The zero-order chi connectivity index (χ0) is 23.9. The fourth-order valence-corrected chi connectivity index (χ4v) is 4.81. The van der Waals surface area contributed by atoms with Gasteiger partial charge in [0.25, 0.3) is 5.91 Å². The number of dihydropyridines is 1. The van der Waals surface area contributed by atoms with Gasteiger partial charge in [-0.3, -0.25) is 14.6 Å². The number of methoxy groups -OCH3 is 1. The van der Waals surface area contributed by atoms with Crippen molar-refractivity contribution >= 4 is 5.91 Å². The van der Waals surface area contributed by atoms with E-state index in [9.17, 15) is 9.90 Å². The number of carbonyl (C=O) groups excluding carboxylic acids is 1. The Balaban J connectivity index is 1.29. The third-order valence-electron chi connectivity index (χ3n) is 6.63. The number of aromatic nitrogens is 1. The lowest BCUT2D eigenvalue weighted by Gasteiger charge is -2.60. The summed E-state index contributed by atoms with van der Waals surface area (Å²) < 4.78 is 11.5. The molecular formula is C24H30N6O4. The molecule has 34 heavy (non-hydrogen) atoms. The molecule has 5 aliphatic heterocycles.